The summed E-state index contributed by atoms with van der Waals surface area (Å²) >= 11 is 0. The molecule has 0 radical (unpaired) electrons. The molecule has 0 bridgehead atoms. The van der Waals surface area contributed by atoms with Crippen molar-refractivity contribution in [3.8, 4) is 0 Å². The summed E-state index contributed by atoms with van der Waals surface area (Å²) in [4.78, 5) is 14.3. The fraction of sp³-hybridized carbons (Fsp3) is 0.929. The molecule has 0 aromatic carbocycles. The standard InChI is InChI=1S/C14H27NO/c1-5-15(12-9-7-6-8-10-12)13(16)11-14(2,3)4/h12H,5-11H2,1-4H3. The maximum atomic E-state index is 12.2. The highest BCUT2D eigenvalue weighted by atomic mass is 16.2. The van der Waals surface area contributed by atoms with Gasteiger partial charge in [-0.25, -0.2) is 0 Å². The summed E-state index contributed by atoms with van der Waals surface area (Å²) in [5, 5.41) is 0. The van der Waals surface area contributed by atoms with Crippen LogP contribution in [0.25, 0.3) is 0 Å². The van der Waals surface area contributed by atoms with Gasteiger partial charge in [0.25, 0.3) is 0 Å². The Hall–Kier alpha value is -0.530. The summed E-state index contributed by atoms with van der Waals surface area (Å²) in [5.74, 6) is 0.349. The van der Waals surface area contributed by atoms with E-state index in [4.69, 9.17) is 0 Å². The molecule has 1 aliphatic rings. The number of amides is 1. The molecule has 0 aromatic rings. The van der Waals surface area contributed by atoms with E-state index in [-0.39, 0.29) is 5.41 Å². The molecule has 0 atom stereocenters. The third-order valence-electron chi connectivity index (χ3n) is 3.36. The topological polar surface area (TPSA) is 20.3 Å². The van der Waals surface area contributed by atoms with Crippen LogP contribution >= 0.6 is 0 Å². The number of rotatable bonds is 3. The van der Waals surface area contributed by atoms with E-state index in [1.165, 1.54) is 32.1 Å². The molecule has 0 saturated heterocycles. The van der Waals surface area contributed by atoms with Gasteiger partial charge in [0.2, 0.25) is 5.91 Å². The highest BCUT2D eigenvalue weighted by Crippen LogP contribution is 2.26. The molecule has 1 fully saturated rings. The molecule has 2 nitrogen and oxygen atoms in total. The van der Waals surface area contributed by atoms with E-state index < -0.39 is 0 Å². The molecule has 2 heteroatoms. The zero-order valence-corrected chi connectivity index (χ0v) is 11.4. The van der Waals surface area contributed by atoms with E-state index in [0.29, 0.717) is 18.4 Å². The van der Waals surface area contributed by atoms with Crippen LogP contribution in [0.2, 0.25) is 0 Å². The highest BCUT2D eigenvalue weighted by molar-refractivity contribution is 5.77. The Balaban J connectivity index is 2.55. The van der Waals surface area contributed by atoms with Crippen LogP contribution in [0.15, 0.2) is 0 Å². The lowest BCUT2D eigenvalue weighted by Crippen LogP contribution is -2.42. The first-order valence-electron chi connectivity index (χ1n) is 6.73. The van der Waals surface area contributed by atoms with Gasteiger partial charge in [-0.1, -0.05) is 40.0 Å². The fourth-order valence-electron chi connectivity index (χ4n) is 2.59. The van der Waals surface area contributed by atoms with Gasteiger partial charge in [-0.2, -0.15) is 0 Å². The lowest BCUT2D eigenvalue weighted by Gasteiger charge is -2.35. The predicted molar refractivity (Wildman–Crippen MR) is 68.3 cm³/mol. The first-order valence-corrected chi connectivity index (χ1v) is 6.73. The van der Waals surface area contributed by atoms with E-state index in [1.807, 2.05) is 0 Å². The lowest BCUT2D eigenvalue weighted by atomic mass is 9.89. The summed E-state index contributed by atoms with van der Waals surface area (Å²) in [6.45, 7) is 9.40. The first kappa shape index (κ1) is 13.5. The predicted octanol–water partition coefficient (Wildman–Crippen LogP) is 3.60. The van der Waals surface area contributed by atoms with Gasteiger partial charge in [-0.3, -0.25) is 4.79 Å². The van der Waals surface area contributed by atoms with E-state index in [2.05, 4.69) is 32.6 Å². The summed E-state index contributed by atoms with van der Waals surface area (Å²) in [5.41, 5.74) is 0.110. The van der Waals surface area contributed by atoms with Gasteiger partial charge in [0.15, 0.2) is 0 Å². The van der Waals surface area contributed by atoms with Crippen molar-refractivity contribution in [3.63, 3.8) is 0 Å². The minimum absolute atomic E-state index is 0.110. The molecular formula is C14H27NO. The average molecular weight is 225 g/mol. The Morgan fingerprint density at radius 1 is 1.19 bits per heavy atom. The SMILES string of the molecule is CCN(C(=O)CC(C)(C)C)C1CCCCC1. The maximum absolute atomic E-state index is 12.2. The number of nitrogens with zero attached hydrogens (tertiary/aromatic N) is 1. The van der Waals surface area contributed by atoms with Crippen molar-refractivity contribution in [3.05, 3.63) is 0 Å². The van der Waals surface area contributed by atoms with Crippen molar-refractivity contribution in [2.24, 2.45) is 5.41 Å². The van der Waals surface area contributed by atoms with Crippen LogP contribution in [-0.2, 0) is 4.79 Å². The molecule has 0 heterocycles. The summed E-state index contributed by atoms with van der Waals surface area (Å²) < 4.78 is 0. The van der Waals surface area contributed by atoms with Crippen molar-refractivity contribution >= 4 is 5.91 Å². The second-order valence-corrected chi connectivity index (χ2v) is 6.21. The molecule has 1 aliphatic carbocycles. The van der Waals surface area contributed by atoms with Crippen molar-refractivity contribution in [2.45, 2.75) is 72.3 Å². The molecule has 1 amide bonds. The molecular weight excluding hydrogens is 198 g/mol. The third-order valence-corrected chi connectivity index (χ3v) is 3.36. The van der Waals surface area contributed by atoms with Crippen LogP contribution in [0.5, 0.6) is 0 Å². The van der Waals surface area contributed by atoms with Gasteiger partial charge >= 0.3 is 0 Å². The minimum Gasteiger partial charge on any atom is -0.340 e. The Kier molecular flexibility index (Phi) is 4.82. The van der Waals surface area contributed by atoms with Crippen molar-refractivity contribution in [1.29, 1.82) is 0 Å². The van der Waals surface area contributed by atoms with Crippen LogP contribution < -0.4 is 0 Å². The minimum atomic E-state index is 0.110. The van der Waals surface area contributed by atoms with Crippen molar-refractivity contribution in [1.82, 2.24) is 4.90 Å². The van der Waals surface area contributed by atoms with E-state index in [9.17, 15) is 4.79 Å². The van der Waals surface area contributed by atoms with Crippen LogP contribution in [0.3, 0.4) is 0 Å². The summed E-state index contributed by atoms with van der Waals surface area (Å²) in [6, 6.07) is 0.522. The molecule has 94 valence electrons. The summed E-state index contributed by atoms with van der Waals surface area (Å²) in [7, 11) is 0. The third kappa shape index (κ3) is 4.15. The maximum Gasteiger partial charge on any atom is 0.223 e. The van der Waals surface area contributed by atoms with Gasteiger partial charge in [-0.15, -0.1) is 0 Å². The first-order chi connectivity index (χ1) is 7.44. The van der Waals surface area contributed by atoms with Crippen molar-refractivity contribution in [2.75, 3.05) is 6.54 Å². The lowest BCUT2D eigenvalue weighted by molar-refractivity contribution is -0.135. The van der Waals surface area contributed by atoms with Crippen molar-refractivity contribution < 1.29 is 4.79 Å². The molecule has 0 aliphatic heterocycles. The molecule has 1 saturated carbocycles. The Labute approximate surface area is 100 Å². The Morgan fingerprint density at radius 3 is 2.19 bits per heavy atom. The van der Waals surface area contributed by atoms with Crippen LogP contribution in [0.1, 0.15) is 66.2 Å². The number of hydrogen-bond donors (Lipinski definition) is 0. The molecule has 0 N–H and O–H groups in total. The smallest absolute Gasteiger partial charge is 0.223 e. The molecule has 16 heavy (non-hydrogen) atoms. The van der Waals surface area contributed by atoms with E-state index >= 15 is 0 Å². The fourth-order valence-corrected chi connectivity index (χ4v) is 2.59. The second kappa shape index (κ2) is 5.70. The monoisotopic (exact) mass is 225 g/mol. The van der Waals surface area contributed by atoms with E-state index in [0.717, 1.165) is 6.54 Å². The zero-order valence-electron chi connectivity index (χ0n) is 11.4. The zero-order chi connectivity index (χ0) is 12.2. The number of carbonyl (C=O) groups excluding carboxylic acids is 1. The second-order valence-electron chi connectivity index (χ2n) is 6.21. The van der Waals surface area contributed by atoms with Crippen LogP contribution in [0, 0.1) is 5.41 Å². The quantitative estimate of drug-likeness (QED) is 0.718. The van der Waals surface area contributed by atoms with Gasteiger partial charge in [0, 0.05) is 19.0 Å². The van der Waals surface area contributed by atoms with Gasteiger partial charge in [-0.05, 0) is 25.2 Å². The van der Waals surface area contributed by atoms with Gasteiger partial charge in [0.05, 0.1) is 0 Å². The largest absolute Gasteiger partial charge is 0.340 e. The molecule has 0 unspecified atom stereocenters. The van der Waals surface area contributed by atoms with Crippen LogP contribution in [-0.4, -0.2) is 23.4 Å². The highest BCUT2D eigenvalue weighted by Gasteiger charge is 2.26. The molecule has 0 aromatic heterocycles. The number of hydrogen-bond acceptors (Lipinski definition) is 1. The van der Waals surface area contributed by atoms with Gasteiger partial charge in [0.1, 0.15) is 0 Å². The molecule has 1 rings (SSSR count). The Bertz CT molecular complexity index is 223. The molecule has 0 spiro atoms. The van der Waals surface area contributed by atoms with E-state index in [1.54, 1.807) is 0 Å². The normalized spacial score (nSPS) is 18.5. The number of carbonyl (C=O) groups is 1. The summed E-state index contributed by atoms with van der Waals surface area (Å²) in [6.07, 6.45) is 7.04. The average Bonchev–Trinajstić information content (AvgIpc) is 2.17. The Morgan fingerprint density at radius 2 is 1.75 bits per heavy atom. The van der Waals surface area contributed by atoms with Crippen LogP contribution in [0.4, 0.5) is 0 Å². The van der Waals surface area contributed by atoms with Gasteiger partial charge < -0.3 is 4.90 Å².